The van der Waals surface area contributed by atoms with Gasteiger partial charge in [-0.25, -0.2) is 4.79 Å². The van der Waals surface area contributed by atoms with E-state index in [2.05, 4.69) is 30.0 Å². The van der Waals surface area contributed by atoms with Crippen LogP contribution in [0.4, 0.5) is 5.69 Å². The summed E-state index contributed by atoms with van der Waals surface area (Å²) in [5.41, 5.74) is 3.53. The molecule has 2 aliphatic rings. The zero-order valence-electron chi connectivity index (χ0n) is 15.4. The molecule has 1 fully saturated rings. The summed E-state index contributed by atoms with van der Waals surface area (Å²) in [4.78, 5) is 16.0. The van der Waals surface area contributed by atoms with Gasteiger partial charge in [-0.3, -0.25) is 0 Å². The van der Waals surface area contributed by atoms with Crippen molar-refractivity contribution in [3.63, 3.8) is 0 Å². The number of anilines is 1. The Morgan fingerprint density at radius 2 is 2.04 bits per heavy atom. The predicted octanol–water partition coefficient (Wildman–Crippen LogP) is 3.66. The Morgan fingerprint density at radius 3 is 2.72 bits per heavy atom. The van der Waals surface area contributed by atoms with Crippen molar-refractivity contribution in [2.45, 2.75) is 45.1 Å². The summed E-state index contributed by atoms with van der Waals surface area (Å²) in [6.45, 7) is 5.89. The summed E-state index contributed by atoms with van der Waals surface area (Å²) in [6.07, 6.45) is 9.84. The number of fused-ring (bicyclic) bond motifs is 1. The molecular formula is C21H30N2O2. The van der Waals surface area contributed by atoms with E-state index in [0.717, 1.165) is 17.7 Å². The third kappa shape index (κ3) is 4.06. The average Bonchev–Trinajstić information content (AvgIpc) is 2.61. The van der Waals surface area contributed by atoms with Crippen LogP contribution in [0, 0.1) is 5.92 Å². The molecule has 1 aromatic carbocycles. The average molecular weight is 342 g/mol. The fourth-order valence-electron chi connectivity index (χ4n) is 4.16. The second-order valence-electron chi connectivity index (χ2n) is 7.45. The lowest BCUT2D eigenvalue weighted by atomic mass is 9.87. The standard InChI is InChI=1S/C21H30N2O2/c1-3-4-12-23-13-10-16(11-14-23)15-18-7-5-6-17-8-9-19(21(24)25)22(2)20(17)18/h5-9,16,19H,3-4,10-15H2,1-2H3,(H,24,25). The molecule has 0 aliphatic carbocycles. The van der Waals surface area contributed by atoms with Crippen molar-refractivity contribution in [2.75, 3.05) is 31.6 Å². The Morgan fingerprint density at radius 1 is 1.28 bits per heavy atom. The first kappa shape index (κ1) is 18.0. The Balaban J connectivity index is 1.69. The molecule has 1 N–H and O–H groups in total. The first-order chi connectivity index (χ1) is 12.1. The van der Waals surface area contributed by atoms with Gasteiger partial charge in [-0.2, -0.15) is 0 Å². The minimum atomic E-state index is -0.788. The van der Waals surface area contributed by atoms with Crippen molar-refractivity contribution < 1.29 is 9.90 Å². The van der Waals surface area contributed by atoms with Crippen LogP contribution in [-0.2, 0) is 11.2 Å². The van der Waals surface area contributed by atoms with Crippen molar-refractivity contribution in [1.82, 2.24) is 4.90 Å². The Hall–Kier alpha value is -1.81. The molecule has 4 nitrogen and oxygen atoms in total. The molecule has 2 heterocycles. The van der Waals surface area contributed by atoms with Crippen LogP contribution in [0.2, 0.25) is 0 Å². The number of carboxylic acids is 1. The Bertz CT molecular complexity index is 633. The summed E-state index contributed by atoms with van der Waals surface area (Å²) in [7, 11) is 1.90. The topological polar surface area (TPSA) is 43.8 Å². The first-order valence-corrected chi connectivity index (χ1v) is 9.58. The van der Waals surface area contributed by atoms with Gasteiger partial charge >= 0.3 is 5.97 Å². The van der Waals surface area contributed by atoms with Gasteiger partial charge in [-0.05, 0) is 62.4 Å². The van der Waals surface area contributed by atoms with Gasteiger partial charge in [0.2, 0.25) is 0 Å². The van der Waals surface area contributed by atoms with E-state index >= 15 is 0 Å². The van der Waals surface area contributed by atoms with E-state index in [1.807, 2.05) is 18.0 Å². The summed E-state index contributed by atoms with van der Waals surface area (Å²) >= 11 is 0. The van der Waals surface area contributed by atoms with E-state index in [-0.39, 0.29) is 0 Å². The van der Waals surface area contributed by atoms with E-state index in [9.17, 15) is 9.90 Å². The van der Waals surface area contributed by atoms with Gasteiger partial charge in [-0.1, -0.05) is 43.7 Å². The van der Waals surface area contributed by atoms with E-state index in [4.69, 9.17) is 0 Å². The molecule has 25 heavy (non-hydrogen) atoms. The number of likely N-dealkylation sites (N-methyl/N-ethyl adjacent to an activating group) is 1. The number of nitrogens with zero attached hydrogens (tertiary/aromatic N) is 2. The van der Waals surface area contributed by atoms with Crippen molar-refractivity contribution >= 4 is 17.7 Å². The molecular weight excluding hydrogens is 312 g/mol. The van der Waals surface area contributed by atoms with Crippen molar-refractivity contribution in [3.8, 4) is 0 Å². The molecule has 3 rings (SSSR count). The molecule has 1 saturated heterocycles. The molecule has 1 aromatic rings. The first-order valence-electron chi connectivity index (χ1n) is 9.58. The predicted molar refractivity (Wildman–Crippen MR) is 103 cm³/mol. The van der Waals surface area contributed by atoms with Crippen LogP contribution in [0.25, 0.3) is 6.08 Å². The lowest BCUT2D eigenvalue weighted by Crippen LogP contribution is -2.39. The summed E-state index contributed by atoms with van der Waals surface area (Å²) in [6, 6.07) is 5.79. The monoisotopic (exact) mass is 342 g/mol. The highest BCUT2D eigenvalue weighted by molar-refractivity contribution is 5.87. The lowest BCUT2D eigenvalue weighted by molar-refractivity contribution is -0.137. The number of piperidine rings is 1. The lowest BCUT2D eigenvalue weighted by Gasteiger charge is -2.35. The molecule has 0 saturated carbocycles. The van der Waals surface area contributed by atoms with Gasteiger partial charge in [0.05, 0.1) is 0 Å². The van der Waals surface area contributed by atoms with E-state index in [0.29, 0.717) is 5.92 Å². The molecule has 0 radical (unpaired) electrons. The smallest absolute Gasteiger partial charge is 0.330 e. The van der Waals surface area contributed by atoms with Crippen molar-refractivity contribution in [1.29, 1.82) is 0 Å². The number of likely N-dealkylation sites (tertiary alicyclic amines) is 1. The molecule has 2 aliphatic heterocycles. The number of hydrogen-bond donors (Lipinski definition) is 1. The van der Waals surface area contributed by atoms with E-state index in [1.54, 1.807) is 6.08 Å². The van der Waals surface area contributed by atoms with Crippen LogP contribution in [-0.4, -0.2) is 48.7 Å². The van der Waals surface area contributed by atoms with Crippen LogP contribution in [0.5, 0.6) is 0 Å². The second kappa shape index (κ2) is 8.05. The van der Waals surface area contributed by atoms with Gasteiger partial charge in [-0.15, -0.1) is 0 Å². The highest BCUT2D eigenvalue weighted by atomic mass is 16.4. The van der Waals surface area contributed by atoms with Gasteiger partial charge in [0, 0.05) is 12.7 Å². The zero-order valence-corrected chi connectivity index (χ0v) is 15.4. The van der Waals surface area contributed by atoms with Gasteiger partial charge in [0.25, 0.3) is 0 Å². The SMILES string of the molecule is CCCCN1CCC(Cc2cccc3c2N(C)C(C(=O)O)C=C3)CC1. The second-order valence-corrected chi connectivity index (χ2v) is 7.45. The molecule has 136 valence electrons. The van der Waals surface area contributed by atoms with Crippen LogP contribution in [0.1, 0.15) is 43.7 Å². The van der Waals surface area contributed by atoms with Crippen molar-refractivity contribution in [3.05, 3.63) is 35.4 Å². The molecule has 0 bridgehead atoms. The van der Waals surface area contributed by atoms with Crippen molar-refractivity contribution in [2.24, 2.45) is 5.92 Å². The van der Waals surface area contributed by atoms with Gasteiger partial charge in [0.15, 0.2) is 0 Å². The number of hydrogen-bond acceptors (Lipinski definition) is 3. The number of benzene rings is 1. The number of unbranched alkanes of at least 4 members (excludes halogenated alkanes) is 1. The highest BCUT2D eigenvalue weighted by Gasteiger charge is 2.28. The summed E-state index contributed by atoms with van der Waals surface area (Å²) in [5, 5.41) is 9.45. The third-order valence-electron chi connectivity index (χ3n) is 5.68. The number of para-hydroxylation sites is 1. The molecule has 0 amide bonds. The summed E-state index contributed by atoms with van der Waals surface area (Å²) in [5.74, 6) is -0.0876. The Labute approximate surface area is 151 Å². The van der Waals surface area contributed by atoms with Crippen LogP contribution in [0.3, 0.4) is 0 Å². The van der Waals surface area contributed by atoms with Crippen LogP contribution in [0.15, 0.2) is 24.3 Å². The van der Waals surface area contributed by atoms with Gasteiger partial charge in [0.1, 0.15) is 6.04 Å². The largest absolute Gasteiger partial charge is 0.479 e. The molecule has 1 atom stereocenters. The fourth-order valence-corrected chi connectivity index (χ4v) is 4.16. The number of rotatable bonds is 6. The maximum Gasteiger partial charge on any atom is 0.330 e. The van der Waals surface area contributed by atoms with E-state index < -0.39 is 12.0 Å². The number of carbonyl (C=O) groups is 1. The zero-order chi connectivity index (χ0) is 17.8. The van der Waals surface area contributed by atoms with E-state index in [1.165, 1.54) is 50.9 Å². The highest BCUT2D eigenvalue weighted by Crippen LogP contribution is 2.34. The Kier molecular flexibility index (Phi) is 5.79. The third-order valence-corrected chi connectivity index (χ3v) is 5.68. The normalized spacial score (nSPS) is 21.4. The maximum atomic E-state index is 11.5. The molecule has 4 heteroatoms. The van der Waals surface area contributed by atoms with Crippen LogP contribution < -0.4 is 4.90 Å². The number of aliphatic carboxylic acids is 1. The minimum Gasteiger partial charge on any atom is -0.479 e. The molecule has 0 aromatic heterocycles. The fraction of sp³-hybridized carbons (Fsp3) is 0.571. The number of carboxylic acid groups (broad SMARTS) is 1. The summed E-state index contributed by atoms with van der Waals surface area (Å²) < 4.78 is 0. The van der Waals surface area contributed by atoms with Crippen LogP contribution >= 0.6 is 0 Å². The molecule has 1 unspecified atom stereocenters. The minimum absolute atomic E-state index is 0.565. The van der Waals surface area contributed by atoms with Gasteiger partial charge < -0.3 is 14.9 Å². The maximum absolute atomic E-state index is 11.5. The quantitative estimate of drug-likeness (QED) is 0.857. The molecule has 0 spiro atoms.